The molecule has 3 nitrogen and oxygen atoms in total. The monoisotopic (exact) mass is 282 g/mol. The SMILES string of the molecule is OCCN(Cc1cccnc1)Cc1ccc(Cl)s1. The summed E-state index contributed by atoms with van der Waals surface area (Å²) in [4.78, 5) is 7.49. The van der Waals surface area contributed by atoms with Gasteiger partial charge >= 0.3 is 0 Å². The van der Waals surface area contributed by atoms with Crippen molar-refractivity contribution in [1.29, 1.82) is 0 Å². The van der Waals surface area contributed by atoms with Crippen LogP contribution in [0.25, 0.3) is 0 Å². The molecule has 0 saturated heterocycles. The second-order valence-electron chi connectivity index (χ2n) is 4.00. The lowest BCUT2D eigenvalue weighted by molar-refractivity contribution is 0.185. The largest absolute Gasteiger partial charge is 0.395 e. The first-order valence-electron chi connectivity index (χ1n) is 5.74. The molecule has 0 atom stereocenters. The van der Waals surface area contributed by atoms with Crippen LogP contribution in [0.1, 0.15) is 10.4 Å². The predicted molar refractivity (Wildman–Crippen MR) is 74.8 cm³/mol. The number of hydrogen-bond acceptors (Lipinski definition) is 4. The van der Waals surface area contributed by atoms with Gasteiger partial charge in [-0.1, -0.05) is 17.7 Å². The Morgan fingerprint density at radius 3 is 2.78 bits per heavy atom. The molecule has 0 aromatic carbocycles. The lowest BCUT2D eigenvalue weighted by Crippen LogP contribution is -2.25. The van der Waals surface area contributed by atoms with Crippen LogP contribution in [-0.4, -0.2) is 28.1 Å². The molecule has 0 radical (unpaired) electrons. The number of nitrogens with zero attached hydrogens (tertiary/aromatic N) is 2. The summed E-state index contributed by atoms with van der Waals surface area (Å²) >= 11 is 7.50. The second-order valence-corrected chi connectivity index (χ2v) is 5.80. The summed E-state index contributed by atoms with van der Waals surface area (Å²) in [5.41, 5.74) is 1.15. The normalized spacial score (nSPS) is 11.1. The highest BCUT2D eigenvalue weighted by molar-refractivity contribution is 7.16. The van der Waals surface area contributed by atoms with E-state index in [0.29, 0.717) is 6.54 Å². The van der Waals surface area contributed by atoms with E-state index < -0.39 is 0 Å². The highest BCUT2D eigenvalue weighted by atomic mass is 35.5. The van der Waals surface area contributed by atoms with Crippen molar-refractivity contribution in [2.24, 2.45) is 0 Å². The van der Waals surface area contributed by atoms with Crippen molar-refractivity contribution in [3.63, 3.8) is 0 Å². The number of aliphatic hydroxyl groups excluding tert-OH is 1. The summed E-state index contributed by atoms with van der Waals surface area (Å²) in [7, 11) is 0. The van der Waals surface area contributed by atoms with Crippen LogP contribution in [0, 0.1) is 0 Å². The molecule has 1 N–H and O–H groups in total. The zero-order valence-electron chi connectivity index (χ0n) is 9.92. The maximum absolute atomic E-state index is 9.12. The number of rotatable bonds is 6. The number of pyridine rings is 1. The fourth-order valence-corrected chi connectivity index (χ4v) is 2.89. The Kier molecular flexibility index (Phi) is 5.13. The molecule has 0 aliphatic rings. The van der Waals surface area contributed by atoms with Gasteiger partial charge in [0.2, 0.25) is 0 Å². The van der Waals surface area contributed by atoms with Gasteiger partial charge in [-0.25, -0.2) is 0 Å². The molecule has 0 bridgehead atoms. The van der Waals surface area contributed by atoms with Gasteiger partial charge in [-0.2, -0.15) is 0 Å². The minimum atomic E-state index is 0.152. The Labute approximate surface area is 116 Å². The summed E-state index contributed by atoms with van der Waals surface area (Å²) in [5.74, 6) is 0. The van der Waals surface area contributed by atoms with E-state index in [1.54, 1.807) is 17.5 Å². The van der Waals surface area contributed by atoms with Crippen LogP contribution in [0.15, 0.2) is 36.7 Å². The molecule has 0 aliphatic heterocycles. The Hall–Kier alpha value is -0.940. The van der Waals surface area contributed by atoms with Gasteiger partial charge < -0.3 is 5.11 Å². The van der Waals surface area contributed by atoms with Gasteiger partial charge in [0.15, 0.2) is 0 Å². The summed E-state index contributed by atoms with van der Waals surface area (Å²) in [6, 6.07) is 7.90. The topological polar surface area (TPSA) is 36.4 Å². The van der Waals surface area contributed by atoms with E-state index in [1.807, 2.05) is 30.5 Å². The van der Waals surface area contributed by atoms with Crippen molar-refractivity contribution in [3.8, 4) is 0 Å². The minimum Gasteiger partial charge on any atom is -0.395 e. The van der Waals surface area contributed by atoms with Gasteiger partial charge in [-0.05, 0) is 23.8 Å². The second kappa shape index (κ2) is 6.85. The van der Waals surface area contributed by atoms with E-state index in [9.17, 15) is 0 Å². The fourth-order valence-electron chi connectivity index (χ4n) is 1.76. The number of hydrogen-bond donors (Lipinski definition) is 1. The smallest absolute Gasteiger partial charge is 0.0931 e. The Balaban J connectivity index is 1.99. The van der Waals surface area contributed by atoms with Gasteiger partial charge in [0.1, 0.15) is 0 Å². The van der Waals surface area contributed by atoms with Crippen molar-refractivity contribution in [3.05, 3.63) is 51.4 Å². The van der Waals surface area contributed by atoms with Crippen LogP contribution in [0.5, 0.6) is 0 Å². The molecule has 0 spiro atoms. The maximum atomic E-state index is 9.12. The van der Waals surface area contributed by atoms with E-state index in [4.69, 9.17) is 16.7 Å². The lowest BCUT2D eigenvalue weighted by Gasteiger charge is -2.20. The highest BCUT2D eigenvalue weighted by Crippen LogP contribution is 2.23. The number of thiophene rings is 1. The average molecular weight is 283 g/mol. The Morgan fingerprint density at radius 2 is 2.17 bits per heavy atom. The molecule has 0 amide bonds. The number of aliphatic hydroxyl groups is 1. The molecule has 0 fully saturated rings. The van der Waals surface area contributed by atoms with E-state index in [2.05, 4.69) is 9.88 Å². The zero-order chi connectivity index (χ0) is 12.8. The van der Waals surface area contributed by atoms with Gasteiger partial charge in [0.25, 0.3) is 0 Å². The van der Waals surface area contributed by atoms with Crippen molar-refractivity contribution in [2.45, 2.75) is 13.1 Å². The predicted octanol–water partition coefficient (Wildman–Crippen LogP) is 2.79. The quantitative estimate of drug-likeness (QED) is 0.885. The molecule has 96 valence electrons. The minimum absolute atomic E-state index is 0.152. The summed E-state index contributed by atoms with van der Waals surface area (Å²) in [5, 5.41) is 9.12. The Bertz CT molecular complexity index is 475. The van der Waals surface area contributed by atoms with Gasteiger partial charge in [-0.15, -0.1) is 11.3 Å². The molecule has 2 rings (SSSR count). The first-order chi connectivity index (χ1) is 8.78. The van der Waals surface area contributed by atoms with Crippen molar-refractivity contribution in [2.75, 3.05) is 13.2 Å². The first kappa shape index (κ1) is 13.5. The van der Waals surface area contributed by atoms with E-state index in [0.717, 1.165) is 23.0 Å². The molecular weight excluding hydrogens is 268 g/mol. The lowest BCUT2D eigenvalue weighted by atomic mass is 10.2. The van der Waals surface area contributed by atoms with Crippen molar-refractivity contribution >= 4 is 22.9 Å². The maximum Gasteiger partial charge on any atom is 0.0931 e. The van der Waals surface area contributed by atoms with Crippen LogP contribution in [0.2, 0.25) is 4.34 Å². The van der Waals surface area contributed by atoms with Crippen LogP contribution in [0.4, 0.5) is 0 Å². The van der Waals surface area contributed by atoms with Gasteiger partial charge in [-0.3, -0.25) is 9.88 Å². The molecule has 0 unspecified atom stereocenters. The van der Waals surface area contributed by atoms with E-state index in [-0.39, 0.29) is 6.61 Å². The van der Waals surface area contributed by atoms with Crippen molar-refractivity contribution < 1.29 is 5.11 Å². The summed E-state index contributed by atoms with van der Waals surface area (Å²) in [6.07, 6.45) is 3.62. The molecule has 2 aromatic rings. The van der Waals surface area contributed by atoms with Gasteiger partial charge in [0, 0.05) is 36.9 Å². The summed E-state index contributed by atoms with van der Waals surface area (Å²) in [6.45, 7) is 2.38. The first-order valence-corrected chi connectivity index (χ1v) is 6.93. The number of halogens is 1. The zero-order valence-corrected chi connectivity index (χ0v) is 11.5. The highest BCUT2D eigenvalue weighted by Gasteiger charge is 2.08. The third kappa shape index (κ3) is 4.07. The summed E-state index contributed by atoms with van der Waals surface area (Å²) < 4.78 is 0.801. The van der Waals surface area contributed by atoms with Crippen molar-refractivity contribution in [1.82, 2.24) is 9.88 Å². The van der Waals surface area contributed by atoms with E-state index >= 15 is 0 Å². The molecule has 5 heteroatoms. The molecular formula is C13H15ClN2OS. The third-order valence-corrected chi connectivity index (χ3v) is 3.77. The molecule has 0 aliphatic carbocycles. The number of aromatic nitrogens is 1. The molecule has 2 aromatic heterocycles. The van der Waals surface area contributed by atoms with Crippen LogP contribution in [0.3, 0.4) is 0 Å². The standard InChI is InChI=1S/C13H15ClN2OS/c14-13-4-3-12(18-13)10-16(6-7-17)9-11-2-1-5-15-8-11/h1-5,8,17H,6-7,9-10H2. The Morgan fingerprint density at radius 1 is 1.28 bits per heavy atom. The fraction of sp³-hybridized carbons (Fsp3) is 0.308. The van der Waals surface area contributed by atoms with E-state index in [1.165, 1.54) is 4.88 Å². The third-order valence-electron chi connectivity index (χ3n) is 2.55. The molecule has 18 heavy (non-hydrogen) atoms. The molecule has 2 heterocycles. The van der Waals surface area contributed by atoms with Crippen LogP contribution in [-0.2, 0) is 13.1 Å². The van der Waals surface area contributed by atoms with Gasteiger partial charge in [0.05, 0.1) is 10.9 Å². The average Bonchev–Trinajstić information content (AvgIpc) is 2.76. The van der Waals surface area contributed by atoms with Crippen LogP contribution < -0.4 is 0 Å². The molecule has 0 saturated carbocycles. The van der Waals surface area contributed by atoms with Crippen LogP contribution >= 0.6 is 22.9 Å².